The molecule has 10 heteroatoms. The van der Waals surface area contributed by atoms with Crippen molar-refractivity contribution in [1.82, 2.24) is 9.59 Å². The van der Waals surface area contributed by atoms with E-state index < -0.39 is 11.7 Å². The Morgan fingerprint density at radius 3 is 2.66 bits per heavy atom. The van der Waals surface area contributed by atoms with Gasteiger partial charge >= 0.3 is 0 Å². The van der Waals surface area contributed by atoms with Crippen LogP contribution in [0.1, 0.15) is 32.6 Å². The number of anilines is 2. The number of ether oxygens (including phenoxy) is 1. The molecule has 29 heavy (non-hydrogen) atoms. The fraction of sp³-hybridized carbons (Fsp3) is 0.158. The number of hydrogen-bond acceptors (Lipinski definition) is 6. The van der Waals surface area contributed by atoms with Crippen molar-refractivity contribution < 1.29 is 18.7 Å². The number of rotatable bonds is 6. The van der Waals surface area contributed by atoms with Crippen LogP contribution in [0.25, 0.3) is 0 Å². The second-order valence-electron chi connectivity index (χ2n) is 5.85. The second-order valence-corrected chi connectivity index (χ2v) is 7.04. The van der Waals surface area contributed by atoms with Crippen molar-refractivity contribution in [3.05, 3.63) is 63.4 Å². The van der Waals surface area contributed by atoms with Crippen LogP contribution in [0.3, 0.4) is 0 Å². The average Bonchev–Trinajstić information content (AvgIpc) is 3.17. The van der Waals surface area contributed by atoms with E-state index in [1.807, 2.05) is 6.92 Å². The Morgan fingerprint density at radius 2 is 1.97 bits per heavy atom. The Labute approximate surface area is 175 Å². The lowest BCUT2D eigenvalue weighted by molar-refractivity contribution is 0.101. The minimum Gasteiger partial charge on any atom is -0.495 e. The minimum atomic E-state index is -0.747. The molecule has 0 radical (unpaired) electrons. The van der Waals surface area contributed by atoms with E-state index >= 15 is 0 Å². The van der Waals surface area contributed by atoms with E-state index in [0.29, 0.717) is 28.4 Å². The normalized spacial score (nSPS) is 10.5. The Kier molecular flexibility index (Phi) is 6.40. The van der Waals surface area contributed by atoms with Crippen LogP contribution < -0.4 is 15.4 Å². The van der Waals surface area contributed by atoms with Gasteiger partial charge in [-0.1, -0.05) is 23.0 Å². The SMILES string of the molecule is CCc1nnsc1C(=O)Nc1ccc(OC)c(NC(=O)c2ccc(Cl)cc2F)c1. The summed E-state index contributed by atoms with van der Waals surface area (Å²) in [6.45, 7) is 1.88. The van der Waals surface area contributed by atoms with E-state index in [1.165, 1.54) is 25.3 Å². The summed E-state index contributed by atoms with van der Waals surface area (Å²) < 4.78 is 23.1. The van der Waals surface area contributed by atoms with Gasteiger partial charge in [0, 0.05) is 10.7 Å². The molecular weight excluding hydrogens is 419 g/mol. The van der Waals surface area contributed by atoms with Crippen molar-refractivity contribution in [2.75, 3.05) is 17.7 Å². The summed E-state index contributed by atoms with van der Waals surface area (Å²) >= 11 is 6.73. The molecule has 0 spiro atoms. The molecule has 0 atom stereocenters. The monoisotopic (exact) mass is 434 g/mol. The predicted octanol–water partition coefficient (Wildman–Crippen LogP) is 4.41. The van der Waals surface area contributed by atoms with Gasteiger partial charge in [0.1, 0.15) is 16.4 Å². The number of carbonyl (C=O) groups excluding carboxylic acids is 2. The van der Waals surface area contributed by atoms with Gasteiger partial charge in [-0.05, 0) is 54.4 Å². The molecule has 0 saturated carbocycles. The molecule has 2 aromatic carbocycles. The standard InChI is InChI=1S/C19H16ClFN4O3S/c1-3-14-17(29-25-24-14)19(27)22-11-5-7-16(28-2)15(9-11)23-18(26)12-6-4-10(20)8-13(12)21/h4-9H,3H2,1-2H3,(H,22,27)(H,23,26). The third-order valence-corrected chi connectivity index (χ3v) is 4.98. The molecule has 3 aromatic rings. The zero-order valence-electron chi connectivity index (χ0n) is 15.5. The predicted molar refractivity (Wildman–Crippen MR) is 110 cm³/mol. The number of halogens is 2. The van der Waals surface area contributed by atoms with Crippen LogP contribution >= 0.6 is 23.1 Å². The number of carbonyl (C=O) groups is 2. The topological polar surface area (TPSA) is 93.2 Å². The smallest absolute Gasteiger partial charge is 0.269 e. The third-order valence-electron chi connectivity index (χ3n) is 3.98. The van der Waals surface area contributed by atoms with Gasteiger partial charge in [-0.15, -0.1) is 5.10 Å². The molecule has 0 aliphatic heterocycles. The molecule has 0 saturated heterocycles. The van der Waals surface area contributed by atoms with E-state index in [1.54, 1.807) is 12.1 Å². The van der Waals surface area contributed by atoms with Gasteiger partial charge in [0.15, 0.2) is 0 Å². The zero-order chi connectivity index (χ0) is 21.0. The highest BCUT2D eigenvalue weighted by atomic mass is 35.5. The van der Waals surface area contributed by atoms with Crippen LogP contribution in [0.4, 0.5) is 15.8 Å². The van der Waals surface area contributed by atoms with Crippen molar-refractivity contribution in [1.29, 1.82) is 0 Å². The molecule has 0 fully saturated rings. The fourth-order valence-electron chi connectivity index (χ4n) is 2.55. The van der Waals surface area contributed by atoms with Gasteiger partial charge < -0.3 is 15.4 Å². The van der Waals surface area contributed by atoms with Crippen molar-refractivity contribution in [2.45, 2.75) is 13.3 Å². The van der Waals surface area contributed by atoms with Crippen molar-refractivity contribution in [3.63, 3.8) is 0 Å². The number of aryl methyl sites for hydroxylation is 1. The molecule has 0 aliphatic rings. The van der Waals surface area contributed by atoms with E-state index in [-0.39, 0.29) is 22.2 Å². The lowest BCUT2D eigenvalue weighted by Gasteiger charge is -2.13. The summed E-state index contributed by atoms with van der Waals surface area (Å²) in [6, 6.07) is 8.47. The molecule has 150 valence electrons. The quantitative estimate of drug-likeness (QED) is 0.599. The van der Waals surface area contributed by atoms with Gasteiger partial charge in [-0.2, -0.15) is 0 Å². The maximum atomic E-state index is 14.0. The number of methoxy groups -OCH3 is 1. The van der Waals surface area contributed by atoms with Crippen LogP contribution in [0, 0.1) is 5.82 Å². The first kappa shape index (κ1) is 20.7. The first-order chi connectivity index (χ1) is 13.9. The number of nitrogens with one attached hydrogen (secondary N) is 2. The molecule has 0 unspecified atom stereocenters. The van der Waals surface area contributed by atoms with E-state index in [4.69, 9.17) is 16.3 Å². The summed E-state index contributed by atoms with van der Waals surface area (Å²) in [4.78, 5) is 25.4. The molecule has 0 bridgehead atoms. The Bertz CT molecular complexity index is 1070. The highest BCUT2D eigenvalue weighted by molar-refractivity contribution is 7.08. The van der Waals surface area contributed by atoms with Gasteiger partial charge in [-0.3, -0.25) is 9.59 Å². The van der Waals surface area contributed by atoms with Crippen LogP contribution in [0.2, 0.25) is 5.02 Å². The van der Waals surface area contributed by atoms with Crippen LogP contribution in [-0.4, -0.2) is 28.5 Å². The molecule has 1 heterocycles. The van der Waals surface area contributed by atoms with E-state index in [0.717, 1.165) is 17.6 Å². The number of hydrogen-bond donors (Lipinski definition) is 2. The number of aromatic nitrogens is 2. The maximum Gasteiger partial charge on any atom is 0.269 e. The van der Waals surface area contributed by atoms with Gasteiger partial charge in [0.2, 0.25) is 0 Å². The second kappa shape index (κ2) is 8.97. The zero-order valence-corrected chi connectivity index (χ0v) is 17.0. The summed E-state index contributed by atoms with van der Waals surface area (Å²) in [5.41, 5.74) is 1.11. The first-order valence-corrected chi connectivity index (χ1v) is 9.65. The van der Waals surface area contributed by atoms with Crippen LogP contribution in [0.5, 0.6) is 5.75 Å². The Hall–Kier alpha value is -3.04. The number of benzene rings is 2. The number of nitrogens with zero attached hydrogens (tertiary/aromatic N) is 2. The Morgan fingerprint density at radius 1 is 1.17 bits per heavy atom. The Balaban J connectivity index is 1.83. The molecule has 1 aromatic heterocycles. The van der Waals surface area contributed by atoms with Crippen molar-refractivity contribution >= 4 is 46.3 Å². The van der Waals surface area contributed by atoms with E-state index in [2.05, 4.69) is 20.2 Å². The first-order valence-electron chi connectivity index (χ1n) is 8.50. The summed E-state index contributed by atoms with van der Waals surface area (Å²) in [5, 5.41) is 9.43. The van der Waals surface area contributed by atoms with Gasteiger partial charge in [0.25, 0.3) is 11.8 Å². The molecule has 7 nitrogen and oxygen atoms in total. The molecular formula is C19H16ClFN4O3S. The largest absolute Gasteiger partial charge is 0.495 e. The minimum absolute atomic E-state index is 0.172. The maximum absolute atomic E-state index is 14.0. The lowest BCUT2D eigenvalue weighted by atomic mass is 10.2. The van der Waals surface area contributed by atoms with Crippen molar-refractivity contribution in [3.8, 4) is 5.75 Å². The molecule has 2 amide bonds. The molecule has 0 aliphatic carbocycles. The van der Waals surface area contributed by atoms with Gasteiger partial charge in [0.05, 0.1) is 24.1 Å². The molecule has 3 rings (SSSR count). The summed E-state index contributed by atoms with van der Waals surface area (Å²) in [7, 11) is 1.43. The highest BCUT2D eigenvalue weighted by Gasteiger charge is 2.18. The molecule has 2 N–H and O–H groups in total. The average molecular weight is 435 g/mol. The third kappa shape index (κ3) is 4.69. The number of amides is 2. The summed E-state index contributed by atoms with van der Waals surface area (Å²) in [5.74, 6) is -1.44. The highest BCUT2D eigenvalue weighted by Crippen LogP contribution is 2.29. The van der Waals surface area contributed by atoms with E-state index in [9.17, 15) is 14.0 Å². The lowest BCUT2D eigenvalue weighted by Crippen LogP contribution is -2.16. The van der Waals surface area contributed by atoms with Crippen molar-refractivity contribution in [2.24, 2.45) is 0 Å². The van der Waals surface area contributed by atoms with Gasteiger partial charge in [-0.25, -0.2) is 4.39 Å². The summed E-state index contributed by atoms with van der Waals surface area (Å²) in [6.07, 6.45) is 0.579. The van der Waals surface area contributed by atoms with Crippen LogP contribution in [-0.2, 0) is 6.42 Å². The van der Waals surface area contributed by atoms with Crippen LogP contribution in [0.15, 0.2) is 36.4 Å². The fourth-order valence-corrected chi connectivity index (χ4v) is 3.35.